The number of carbonyl (C=O) groups excluding carboxylic acids is 1. The summed E-state index contributed by atoms with van der Waals surface area (Å²) >= 11 is 5.75. The monoisotopic (exact) mass is 272 g/mol. The van der Waals surface area contributed by atoms with Gasteiger partial charge in [0.05, 0.1) is 0 Å². The molecule has 1 amide bonds. The average Bonchev–Trinajstić information content (AvgIpc) is 2.28. The van der Waals surface area contributed by atoms with Crippen LogP contribution in [-0.2, 0) is 4.79 Å². The Morgan fingerprint density at radius 1 is 1.39 bits per heavy atom. The highest BCUT2D eigenvalue weighted by Crippen LogP contribution is 2.19. The minimum Gasteiger partial charge on any atom is -0.374 e. The number of halogens is 2. The first kappa shape index (κ1) is 14.8. The molecule has 0 aromatic heterocycles. The topological polar surface area (TPSA) is 32.3 Å². The maximum atomic E-state index is 13.2. The minimum absolute atomic E-state index is 0.0135. The Hall–Kier alpha value is -1.29. The van der Waals surface area contributed by atoms with Gasteiger partial charge < -0.3 is 10.2 Å². The van der Waals surface area contributed by atoms with Crippen molar-refractivity contribution in [3.8, 4) is 0 Å². The molecule has 0 radical (unpaired) electrons. The summed E-state index contributed by atoms with van der Waals surface area (Å²) in [6.45, 7) is 6.91. The van der Waals surface area contributed by atoms with Crippen LogP contribution in [0.3, 0.4) is 0 Å². The standard InChI is InChI=1S/C13H18ClFN2O/c1-4-17(5-2)13(18)9(3)16-12-7-10(14)6-11(15)8-12/h6-9,16H,4-5H2,1-3H3. The number of hydrogen-bond donors (Lipinski definition) is 1. The number of nitrogens with one attached hydrogen (secondary N) is 1. The van der Waals surface area contributed by atoms with Crippen LogP contribution in [-0.4, -0.2) is 29.9 Å². The van der Waals surface area contributed by atoms with Crippen molar-refractivity contribution in [2.24, 2.45) is 0 Å². The fourth-order valence-electron chi connectivity index (χ4n) is 1.76. The summed E-state index contributed by atoms with van der Waals surface area (Å²) in [7, 11) is 0. The molecule has 18 heavy (non-hydrogen) atoms. The van der Waals surface area contributed by atoms with E-state index in [0.29, 0.717) is 23.8 Å². The van der Waals surface area contributed by atoms with Crippen LogP contribution in [0.4, 0.5) is 10.1 Å². The van der Waals surface area contributed by atoms with Crippen molar-refractivity contribution in [2.75, 3.05) is 18.4 Å². The molecule has 0 spiro atoms. The zero-order valence-electron chi connectivity index (χ0n) is 10.8. The SMILES string of the molecule is CCN(CC)C(=O)C(C)Nc1cc(F)cc(Cl)c1. The first-order valence-corrected chi connectivity index (χ1v) is 6.37. The lowest BCUT2D eigenvalue weighted by Gasteiger charge is -2.24. The normalized spacial score (nSPS) is 12.1. The van der Waals surface area contributed by atoms with Gasteiger partial charge in [-0.15, -0.1) is 0 Å². The van der Waals surface area contributed by atoms with E-state index < -0.39 is 11.9 Å². The van der Waals surface area contributed by atoms with E-state index >= 15 is 0 Å². The summed E-state index contributed by atoms with van der Waals surface area (Å²) in [5.41, 5.74) is 0.507. The summed E-state index contributed by atoms with van der Waals surface area (Å²) in [5, 5.41) is 3.26. The molecule has 0 aliphatic heterocycles. The molecule has 1 aromatic rings. The van der Waals surface area contributed by atoms with Crippen molar-refractivity contribution in [3.05, 3.63) is 29.0 Å². The number of rotatable bonds is 5. The van der Waals surface area contributed by atoms with Crippen LogP contribution >= 0.6 is 11.6 Å². The number of benzene rings is 1. The van der Waals surface area contributed by atoms with E-state index in [4.69, 9.17) is 11.6 Å². The Morgan fingerprint density at radius 2 is 2.00 bits per heavy atom. The molecule has 5 heteroatoms. The van der Waals surface area contributed by atoms with Crippen molar-refractivity contribution in [3.63, 3.8) is 0 Å². The molecule has 0 fully saturated rings. The van der Waals surface area contributed by atoms with E-state index in [2.05, 4.69) is 5.32 Å². The summed E-state index contributed by atoms with van der Waals surface area (Å²) in [4.78, 5) is 13.7. The average molecular weight is 273 g/mol. The second kappa shape index (κ2) is 6.59. The van der Waals surface area contributed by atoms with Crippen LogP contribution in [0, 0.1) is 5.82 Å². The number of nitrogens with zero attached hydrogens (tertiary/aromatic N) is 1. The quantitative estimate of drug-likeness (QED) is 0.893. The number of likely N-dealkylation sites (N-methyl/N-ethyl adjacent to an activating group) is 1. The Balaban J connectivity index is 2.74. The summed E-state index contributed by atoms with van der Waals surface area (Å²) < 4.78 is 13.2. The van der Waals surface area contributed by atoms with Gasteiger partial charge in [-0.3, -0.25) is 4.79 Å². The van der Waals surface area contributed by atoms with Gasteiger partial charge in [0.2, 0.25) is 5.91 Å². The highest BCUT2D eigenvalue weighted by Gasteiger charge is 2.18. The molecular formula is C13H18ClFN2O. The smallest absolute Gasteiger partial charge is 0.244 e. The Kier molecular flexibility index (Phi) is 5.41. The van der Waals surface area contributed by atoms with Gasteiger partial charge in [0, 0.05) is 23.8 Å². The first-order chi connectivity index (χ1) is 8.47. The third-order valence-electron chi connectivity index (χ3n) is 2.69. The molecule has 0 saturated heterocycles. The molecule has 100 valence electrons. The van der Waals surface area contributed by atoms with Crippen molar-refractivity contribution in [1.82, 2.24) is 4.90 Å². The zero-order chi connectivity index (χ0) is 13.7. The highest BCUT2D eigenvalue weighted by molar-refractivity contribution is 6.30. The van der Waals surface area contributed by atoms with Crippen molar-refractivity contribution in [1.29, 1.82) is 0 Å². The lowest BCUT2D eigenvalue weighted by atomic mass is 10.2. The molecule has 1 N–H and O–H groups in total. The van der Waals surface area contributed by atoms with Crippen LogP contribution in [0.5, 0.6) is 0 Å². The molecule has 1 atom stereocenters. The molecule has 1 rings (SSSR count). The van der Waals surface area contributed by atoms with Crippen LogP contribution in [0.1, 0.15) is 20.8 Å². The minimum atomic E-state index is -0.424. The Labute approximate surface area is 112 Å². The predicted molar refractivity (Wildman–Crippen MR) is 72.4 cm³/mol. The molecule has 0 aliphatic rings. The third kappa shape index (κ3) is 3.88. The van der Waals surface area contributed by atoms with E-state index in [0.717, 1.165) is 0 Å². The van der Waals surface area contributed by atoms with Gasteiger partial charge in [0.15, 0.2) is 0 Å². The molecule has 3 nitrogen and oxygen atoms in total. The second-order valence-electron chi connectivity index (χ2n) is 4.03. The fraction of sp³-hybridized carbons (Fsp3) is 0.462. The molecule has 0 aliphatic carbocycles. The summed E-state index contributed by atoms with van der Waals surface area (Å²) in [5.74, 6) is -0.437. The van der Waals surface area contributed by atoms with Gasteiger partial charge in [0.1, 0.15) is 11.9 Å². The number of hydrogen-bond acceptors (Lipinski definition) is 2. The maximum Gasteiger partial charge on any atom is 0.244 e. The van der Waals surface area contributed by atoms with E-state index in [9.17, 15) is 9.18 Å². The van der Waals surface area contributed by atoms with Gasteiger partial charge >= 0.3 is 0 Å². The second-order valence-corrected chi connectivity index (χ2v) is 4.47. The molecule has 1 aromatic carbocycles. The fourth-order valence-corrected chi connectivity index (χ4v) is 1.98. The van der Waals surface area contributed by atoms with Gasteiger partial charge in [-0.1, -0.05) is 11.6 Å². The predicted octanol–water partition coefficient (Wildman–Crippen LogP) is 3.15. The third-order valence-corrected chi connectivity index (χ3v) is 2.91. The van der Waals surface area contributed by atoms with Gasteiger partial charge in [-0.25, -0.2) is 4.39 Å². The van der Waals surface area contributed by atoms with Crippen LogP contribution in [0.2, 0.25) is 5.02 Å². The highest BCUT2D eigenvalue weighted by atomic mass is 35.5. The van der Waals surface area contributed by atoms with Gasteiger partial charge in [-0.05, 0) is 39.0 Å². The number of anilines is 1. The summed E-state index contributed by atoms with van der Waals surface area (Å²) in [6.07, 6.45) is 0. The van der Waals surface area contributed by atoms with Gasteiger partial charge in [0.25, 0.3) is 0 Å². The zero-order valence-corrected chi connectivity index (χ0v) is 11.6. The number of amides is 1. The molecule has 1 unspecified atom stereocenters. The number of carbonyl (C=O) groups is 1. The van der Waals surface area contributed by atoms with E-state index in [1.165, 1.54) is 12.1 Å². The Bertz CT molecular complexity index is 401. The molecule has 0 bridgehead atoms. The first-order valence-electron chi connectivity index (χ1n) is 5.99. The van der Waals surface area contributed by atoms with E-state index in [1.54, 1.807) is 17.9 Å². The van der Waals surface area contributed by atoms with Crippen molar-refractivity contribution >= 4 is 23.2 Å². The van der Waals surface area contributed by atoms with Crippen molar-refractivity contribution < 1.29 is 9.18 Å². The summed E-state index contributed by atoms with van der Waals surface area (Å²) in [6, 6.07) is 3.72. The molecular weight excluding hydrogens is 255 g/mol. The van der Waals surface area contributed by atoms with Crippen LogP contribution in [0.15, 0.2) is 18.2 Å². The molecule has 0 heterocycles. The van der Waals surface area contributed by atoms with E-state index in [1.807, 2.05) is 13.8 Å². The van der Waals surface area contributed by atoms with Crippen LogP contribution in [0.25, 0.3) is 0 Å². The van der Waals surface area contributed by atoms with E-state index in [-0.39, 0.29) is 5.91 Å². The lowest BCUT2D eigenvalue weighted by molar-refractivity contribution is -0.131. The lowest BCUT2D eigenvalue weighted by Crippen LogP contribution is -2.41. The Morgan fingerprint density at radius 3 is 2.50 bits per heavy atom. The largest absolute Gasteiger partial charge is 0.374 e. The molecule has 0 saturated carbocycles. The van der Waals surface area contributed by atoms with Crippen molar-refractivity contribution in [2.45, 2.75) is 26.8 Å². The van der Waals surface area contributed by atoms with Gasteiger partial charge in [-0.2, -0.15) is 0 Å². The van der Waals surface area contributed by atoms with Crippen LogP contribution < -0.4 is 5.32 Å². The maximum absolute atomic E-state index is 13.2.